The number of aromatic nitrogens is 3. The Hall–Kier alpha value is -1.75. The van der Waals surface area contributed by atoms with Gasteiger partial charge in [-0.15, -0.1) is 0 Å². The van der Waals surface area contributed by atoms with E-state index < -0.39 is 0 Å². The molecule has 0 bridgehead atoms. The third kappa shape index (κ3) is 2.25. The third-order valence-corrected chi connectivity index (χ3v) is 2.52. The van der Waals surface area contributed by atoms with Gasteiger partial charge in [0, 0.05) is 0 Å². The van der Waals surface area contributed by atoms with Crippen LogP contribution in [0.4, 0.5) is 4.39 Å². The lowest BCUT2D eigenvalue weighted by Crippen LogP contribution is -2.19. The minimum atomic E-state index is -0.189. The van der Waals surface area contributed by atoms with Gasteiger partial charge in [-0.2, -0.15) is 15.4 Å². The highest BCUT2D eigenvalue weighted by atomic mass is 19.1. The van der Waals surface area contributed by atoms with E-state index in [0.29, 0.717) is 12.0 Å². The summed E-state index contributed by atoms with van der Waals surface area (Å²) >= 11 is 0. The monoisotopic (exact) mass is 220 g/mol. The van der Waals surface area contributed by atoms with Gasteiger partial charge in [0.15, 0.2) is 0 Å². The average Bonchev–Trinajstić information content (AvgIpc) is 2.81. The Morgan fingerprint density at radius 2 is 2.25 bits per heavy atom. The summed E-state index contributed by atoms with van der Waals surface area (Å²) in [7, 11) is 1.82. The summed E-state index contributed by atoms with van der Waals surface area (Å²) in [6.45, 7) is 0. The maximum Gasteiger partial charge on any atom is 0.126 e. The summed E-state index contributed by atoms with van der Waals surface area (Å²) in [5.41, 5.74) is 1.45. The van der Waals surface area contributed by atoms with E-state index in [1.807, 2.05) is 13.1 Å². The molecule has 2 rings (SSSR count). The van der Waals surface area contributed by atoms with Crippen molar-refractivity contribution in [2.24, 2.45) is 0 Å². The molecule has 16 heavy (non-hydrogen) atoms. The van der Waals surface area contributed by atoms with E-state index in [-0.39, 0.29) is 11.9 Å². The first kappa shape index (κ1) is 10.8. The molecule has 5 heteroatoms. The Morgan fingerprint density at radius 3 is 2.88 bits per heavy atom. The highest BCUT2D eigenvalue weighted by molar-refractivity contribution is 5.20. The van der Waals surface area contributed by atoms with Crippen LogP contribution in [0.15, 0.2) is 30.5 Å². The van der Waals surface area contributed by atoms with Crippen LogP contribution in [0.25, 0.3) is 0 Å². The SMILES string of the molecule is CNC(Cc1ccccc1F)c1cn[nH]n1. The number of nitrogens with one attached hydrogen (secondary N) is 2. The molecule has 0 aliphatic rings. The molecule has 0 aliphatic carbocycles. The zero-order chi connectivity index (χ0) is 11.4. The number of aromatic amines is 1. The van der Waals surface area contributed by atoms with Crippen molar-refractivity contribution >= 4 is 0 Å². The summed E-state index contributed by atoms with van der Waals surface area (Å²) in [4.78, 5) is 0. The van der Waals surface area contributed by atoms with Crippen molar-refractivity contribution in [3.8, 4) is 0 Å². The van der Waals surface area contributed by atoms with Crippen molar-refractivity contribution in [3.05, 3.63) is 47.5 Å². The molecule has 0 radical (unpaired) electrons. The molecule has 2 aromatic rings. The van der Waals surface area contributed by atoms with E-state index in [9.17, 15) is 4.39 Å². The van der Waals surface area contributed by atoms with E-state index in [1.165, 1.54) is 6.07 Å². The van der Waals surface area contributed by atoms with E-state index >= 15 is 0 Å². The highest BCUT2D eigenvalue weighted by Gasteiger charge is 2.14. The number of halogens is 1. The molecule has 0 amide bonds. The average molecular weight is 220 g/mol. The van der Waals surface area contributed by atoms with E-state index in [2.05, 4.69) is 20.7 Å². The fourth-order valence-corrected chi connectivity index (χ4v) is 1.62. The van der Waals surface area contributed by atoms with Crippen LogP contribution in [-0.4, -0.2) is 22.5 Å². The molecule has 1 aromatic heterocycles. The van der Waals surface area contributed by atoms with Gasteiger partial charge in [0.25, 0.3) is 0 Å². The van der Waals surface area contributed by atoms with Crippen LogP contribution in [0.2, 0.25) is 0 Å². The molecule has 4 nitrogen and oxygen atoms in total. The van der Waals surface area contributed by atoms with Crippen molar-refractivity contribution in [1.29, 1.82) is 0 Å². The maximum atomic E-state index is 13.5. The van der Waals surface area contributed by atoms with Gasteiger partial charge in [-0.3, -0.25) is 0 Å². The molecule has 1 heterocycles. The van der Waals surface area contributed by atoms with Crippen LogP contribution >= 0.6 is 0 Å². The fourth-order valence-electron chi connectivity index (χ4n) is 1.62. The van der Waals surface area contributed by atoms with E-state index in [1.54, 1.807) is 18.3 Å². The van der Waals surface area contributed by atoms with Crippen molar-refractivity contribution in [2.75, 3.05) is 7.05 Å². The standard InChI is InChI=1S/C11H13FN4/c1-13-10(11-7-14-16-15-11)6-8-4-2-3-5-9(8)12/h2-5,7,10,13H,6H2,1H3,(H,14,15,16). The molecular formula is C11H13FN4. The zero-order valence-corrected chi connectivity index (χ0v) is 8.94. The molecule has 1 unspecified atom stereocenters. The summed E-state index contributed by atoms with van der Waals surface area (Å²) < 4.78 is 13.5. The lowest BCUT2D eigenvalue weighted by molar-refractivity contribution is 0.544. The third-order valence-electron chi connectivity index (χ3n) is 2.52. The summed E-state index contributed by atoms with van der Waals surface area (Å²) in [6.07, 6.45) is 2.19. The Morgan fingerprint density at radius 1 is 1.44 bits per heavy atom. The summed E-state index contributed by atoms with van der Waals surface area (Å²) in [5.74, 6) is -0.189. The first-order chi connectivity index (χ1) is 7.81. The van der Waals surface area contributed by atoms with Gasteiger partial charge in [-0.1, -0.05) is 18.2 Å². The molecule has 0 saturated carbocycles. The molecule has 0 aliphatic heterocycles. The van der Waals surface area contributed by atoms with Gasteiger partial charge in [0.05, 0.1) is 17.9 Å². The van der Waals surface area contributed by atoms with E-state index in [4.69, 9.17) is 0 Å². The van der Waals surface area contributed by atoms with E-state index in [0.717, 1.165) is 5.69 Å². The number of hydrogen-bond acceptors (Lipinski definition) is 3. The second kappa shape index (κ2) is 4.85. The highest BCUT2D eigenvalue weighted by Crippen LogP contribution is 2.17. The number of rotatable bonds is 4. The van der Waals surface area contributed by atoms with Crippen LogP contribution in [0, 0.1) is 5.82 Å². The van der Waals surface area contributed by atoms with Crippen LogP contribution in [0.1, 0.15) is 17.3 Å². The largest absolute Gasteiger partial charge is 0.311 e. The van der Waals surface area contributed by atoms with Crippen molar-refractivity contribution < 1.29 is 4.39 Å². The van der Waals surface area contributed by atoms with Crippen molar-refractivity contribution in [3.63, 3.8) is 0 Å². The molecule has 0 spiro atoms. The van der Waals surface area contributed by atoms with Crippen LogP contribution in [-0.2, 0) is 6.42 Å². The van der Waals surface area contributed by atoms with Crippen LogP contribution in [0.5, 0.6) is 0 Å². The minimum Gasteiger partial charge on any atom is -0.311 e. The summed E-state index contributed by atoms with van der Waals surface area (Å²) in [5, 5.41) is 13.4. The molecule has 1 aromatic carbocycles. The quantitative estimate of drug-likeness (QED) is 0.820. The Kier molecular flexibility index (Phi) is 3.26. The van der Waals surface area contributed by atoms with Gasteiger partial charge < -0.3 is 5.32 Å². The van der Waals surface area contributed by atoms with Crippen LogP contribution in [0.3, 0.4) is 0 Å². The number of benzene rings is 1. The lowest BCUT2D eigenvalue weighted by Gasteiger charge is -2.13. The smallest absolute Gasteiger partial charge is 0.126 e. The minimum absolute atomic E-state index is 0.0318. The van der Waals surface area contributed by atoms with Gasteiger partial charge in [-0.25, -0.2) is 4.39 Å². The fraction of sp³-hybridized carbons (Fsp3) is 0.273. The number of hydrogen-bond donors (Lipinski definition) is 2. The zero-order valence-electron chi connectivity index (χ0n) is 8.94. The summed E-state index contributed by atoms with van der Waals surface area (Å²) in [6, 6.07) is 6.72. The second-order valence-electron chi connectivity index (χ2n) is 3.53. The Balaban J connectivity index is 2.17. The van der Waals surface area contributed by atoms with Gasteiger partial charge >= 0.3 is 0 Å². The number of likely N-dealkylation sites (N-methyl/N-ethyl adjacent to an activating group) is 1. The van der Waals surface area contributed by atoms with Gasteiger partial charge in [0.2, 0.25) is 0 Å². The van der Waals surface area contributed by atoms with Crippen molar-refractivity contribution in [1.82, 2.24) is 20.7 Å². The predicted molar refractivity (Wildman–Crippen MR) is 58.3 cm³/mol. The molecule has 2 N–H and O–H groups in total. The second-order valence-corrected chi connectivity index (χ2v) is 3.53. The first-order valence-corrected chi connectivity index (χ1v) is 5.07. The Labute approximate surface area is 92.9 Å². The molecule has 0 saturated heterocycles. The number of nitrogens with zero attached hydrogens (tertiary/aromatic N) is 2. The number of H-pyrrole nitrogens is 1. The molecule has 1 atom stereocenters. The first-order valence-electron chi connectivity index (χ1n) is 5.07. The molecular weight excluding hydrogens is 207 g/mol. The molecule has 84 valence electrons. The lowest BCUT2D eigenvalue weighted by atomic mass is 10.0. The topological polar surface area (TPSA) is 53.6 Å². The predicted octanol–water partition coefficient (Wildman–Crippen LogP) is 1.45. The van der Waals surface area contributed by atoms with Crippen LogP contribution < -0.4 is 5.32 Å². The van der Waals surface area contributed by atoms with Crippen molar-refractivity contribution in [2.45, 2.75) is 12.5 Å². The Bertz CT molecular complexity index is 441. The van der Waals surface area contributed by atoms with Gasteiger partial charge in [0.1, 0.15) is 5.82 Å². The maximum absolute atomic E-state index is 13.5. The normalized spacial score (nSPS) is 12.6. The van der Waals surface area contributed by atoms with Gasteiger partial charge in [-0.05, 0) is 25.1 Å². The molecule has 0 fully saturated rings.